The summed E-state index contributed by atoms with van der Waals surface area (Å²) in [4.78, 5) is 18.6. The predicted molar refractivity (Wildman–Crippen MR) is 56.4 cm³/mol. The first kappa shape index (κ1) is 8.94. The lowest BCUT2D eigenvalue weighted by molar-refractivity contribution is 0.879. The molecule has 3 nitrogen and oxygen atoms in total. The van der Waals surface area contributed by atoms with Crippen molar-refractivity contribution in [3.8, 4) is 0 Å². The van der Waals surface area contributed by atoms with Crippen LogP contribution in [0, 0.1) is 0 Å². The Kier molecular flexibility index (Phi) is 2.31. The van der Waals surface area contributed by atoms with Crippen LogP contribution in [0.3, 0.4) is 0 Å². The number of nitrogens with zero attached hydrogens (tertiary/aromatic N) is 1. The molecule has 2 heterocycles. The first-order valence-electron chi connectivity index (χ1n) is 4.78. The summed E-state index contributed by atoms with van der Waals surface area (Å²) in [5.74, 6) is 0. The second-order valence-corrected chi connectivity index (χ2v) is 3.31. The highest BCUT2D eigenvalue weighted by molar-refractivity contribution is 5.77. The Morgan fingerprint density at radius 3 is 3.14 bits per heavy atom. The second kappa shape index (κ2) is 3.62. The zero-order valence-electron chi connectivity index (χ0n) is 8.08. The van der Waals surface area contributed by atoms with Crippen LogP contribution in [0.2, 0.25) is 0 Å². The van der Waals surface area contributed by atoms with Gasteiger partial charge in [0.2, 0.25) is 0 Å². The summed E-state index contributed by atoms with van der Waals surface area (Å²) >= 11 is 0. The molecule has 14 heavy (non-hydrogen) atoms. The Balaban J connectivity index is 2.66. The molecular weight excluding hydrogens is 176 g/mol. The lowest BCUT2D eigenvalue weighted by Gasteiger charge is -2.00. The van der Waals surface area contributed by atoms with Gasteiger partial charge in [0.15, 0.2) is 0 Å². The van der Waals surface area contributed by atoms with E-state index in [0.29, 0.717) is 5.39 Å². The largest absolute Gasteiger partial charge is 0.326 e. The van der Waals surface area contributed by atoms with Crippen LogP contribution in [0.4, 0.5) is 0 Å². The van der Waals surface area contributed by atoms with Crippen molar-refractivity contribution in [2.24, 2.45) is 0 Å². The van der Waals surface area contributed by atoms with Gasteiger partial charge in [0.05, 0.1) is 10.9 Å². The van der Waals surface area contributed by atoms with E-state index in [1.165, 1.54) is 0 Å². The van der Waals surface area contributed by atoms with Crippen LogP contribution < -0.4 is 5.56 Å². The molecule has 0 atom stereocenters. The minimum Gasteiger partial charge on any atom is -0.326 e. The van der Waals surface area contributed by atoms with Gasteiger partial charge in [0.25, 0.3) is 5.56 Å². The number of fused-ring (bicyclic) bond motifs is 1. The lowest BCUT2D eigenvalue weighted by atomic mass is 10.2. The standard InChI is InChI=1S/C11H12N2O/c1-2-4-8-7-10-9(11(14)13-8)5-3-6-12-10/h3,5-7H,2,4H2,1H3,(H,13,14). The molecule has 0 aliphatic carbocycles. The summed E-state index contributed by atoms with van der Waals surface area (Å²) in [5, 5.41) is 0.660. The topological polar surface area (TPSA) is 45.8 Å². The monoisotopic (exact) mass is 188 g/mol. The number of hydrogen-bond acceptors (Lipinski definition) is 2. The van der Waals surface area contributed by atoms with Crippen LogP contribution in [-0.4, -0.2) is 9.97 Å². The van der Waals surface area contributed by atoms with Crippen LogP contribution in [0.1, 0.15) is 19.0 Å². The van der Waals surface area contributed by atoms with Crippen molar-refractivity contribution in [3.63, 3.8) is 0 Å². The van der Waals surface area contributed by atoms with Crippen LogP contribution >= 0.6 is 0 Å². The maximum absolute atomic E-state index is 11.6. The third-order valence-electron chi connectivity index (χ3n) is 2.19. The summed E-state index contributed by atoms with van der Waals surface area (Å²) in [7, 11) is 0. The second-order valence-electron chi connectivity index (χ2n) is 3.31. The molecular formula is C11H12N2O. The SMILES string of the molecule is CCCc1cc2ncccc2c(=O)[nH]1. The van der Waals surface area contributed by atoms with E-state index in [0.717, 1.165) is 24.1 Å². The molecule has 1 N–H and O–H groups in total. The number of hydrogen-bond donors (Lipinski definition) is 1. The van der Waals surface area contributed by atoms with E-state index in [-0.39, 0.29) is 5.56 Å². The van der Waals surface area contributed by atoms with Crippen LogP contribution in [-0.2, 0) is 6.42 Å². The van der Waals surface area contributed by atoms with Gasteiger partial charge in [0.1, 0.15) is 0 Å². The molecule has 2 rings (SSSR count). The number of pyridine rings is 2. The number of nitrogens with one attached hydrogen (secondary N) is 1. The van der Waals surface area contributed by atoms with Crippen molar-refractivity contribution in [1.82, 2.24) is 9.97 Å². The summed E-state index contributed by atoms with van der Waals surface area (Å²) in [5.41, 5.74) is 1.70. The quantitative estimate of drug-likeness (QED) is 0.782. The first-order valence-corrected chi connectivity index (χ1v) is 4.78. The molecule has 0 saturated heterocycles. The van der Waals surface area contributed by atoms with Gasteiger partial charge in [-0.2, -0.15) is 0 Å². The van der Waals surface area contributed by atoms with Crippen molar-refractivity contribution in [2.45, 2.75) is 19.8 Å². The number of aryl methyl sites for hydroxylation is 1. The summed E-state index contributed by atoms with van der Waals surface area (Å²) in [6.07, 6.45) is 3.62. The van der Waals surface area contributed by atoms with Gasteiger partial charge in [-0.05, 0) is 24.6 Å². The molecule has 0 radical (unpaired) electrons. The maximum Gasteiger partial charge on any atom is 0.257 e. The molecule has 2 aromatic heterocycles. The van der Waals surface area contributed by atoms with Gasteiger partial charge in [-0.25, -0.2) is 0 Å². The summed E-state index contributed by atoms with van der Waals surface area (Å²) in [6, 6.07) is 5.51. The lowest BCUT2D eigenvalue weighted by Crippen LogP contribution is -2.09. The van der Waals surface area contributed by atoms with Gasteiger partial charge in [-0.1, -0.05) is 13.3 Å². The molecule has 72 valence electrons. The molecule has 0 spiro atoms. The Bertz CT molecular complexity index is 502. The highest BCUT2D eigenvalue weighted by Crippen LogP contribution is 2.07. The molecule has 0 unspecified atom stereocenters. The summed E-state index contributed by atoms with van der Waals surface area (Å²) in [6.45, 7) is 2.08. The van der Waals surface area contributed by atoms with Gasteiger partial charge < -0.3 is 4.98 Å². The van der Waals surface area contributed by atoms with Gasteiger partial charge >= 0.3 is 0 Å². The molecule has 0 saturated carbocycles. The van der Waals surface area contributed by atoms with Crippen molar-refractivity contribution in [2.75, 3.05) is 0 Å². The maximum atomic E-state index is 11.6. The third-order valence-corrected chi connectivity index (χ3v) is 2.19. The highest BCUT2D eigenvalue weighted by atomic mass is 16.1. The van der Waals surface area contributed by atoms with Crippen molar-refractivity contribution >= 4 is 10.9 Å². The molecule has 0 amide bonds. The Morgan fingerprint density at radius 2 is 2.36 bits per heavy atom. The highest BCUT2D eigenvalue weighted by Gasteiger charge is 2.00. The predicted octanol–water partition coefficient (Wildman–Crippen LogP) is 1.88. The van der Waals surface area contributed by atoms with Crippen molar-refractivity contribution in [1.29, 1.82) is 0 Å². The smallest absolute Gasteiger partial charge is 0.257 e. The first-order chi connectivity index (χ1) is 6.81. The van der Waals surface area contributed by atoms with Crippen LogP contribution in [0.15, 0.2) is 29.2 Å². The van der Waals surface area contributed by atoms with E-state index in [9.17, 15) is 4.79 Å². The van der Waals surface area contributed by atoms with E-state index in [4.69, 9.17) is 0 Å². The molecule has 0 fully saturated rings. The van der Waals surface area contributed by atoms with E-state index in [1.807, 2.05) is 6.07 Å². The molecule has 0 aromatic carbocycles. The Labute approximate surface area is 81.8 Å². The van der Waals surface area contributed by atoms with E-state index in [1.54, 1.807) is 18.3 Å². The van der Waals surface area contributed by atoms with Gasteiger partial charge in [-0.3, -0.25) is 9.78 Å². The van der Waals surface area contributed by atoms with E-state index < -0.39 is 0 Å². The number of aromatic nitrogens is 2. The number of aromatic amines is 1. The molecule has 3 heteroatoms. The van der Waals surface area contributed by atoms with Crippen molar-refractivity contribution < 1.29 is 0 Å². The van der Waals surface area contributed by atoms with E-state index >= 15 is 0 Å². The number of rotatable bonds is 2. The Morgan fingerprint density at radius 1 is 1.50 bits per heavy atom. The van der Waals surface area contributed by atoms with Crippen LogP contribution in [0.25, 0.3) is 10.9 Å². The average molecular weight is 188 g/mol. The normalized spacial score (nSPS) is 10.6. The third kappa shape index (κ3) is 1.53. The zero-order valence-corrected chi connectivity index (χ0v) is 8.08. The average Bonchev–Trinajstić information content (AvgIpc) is 2.18. The molecule has 0 bridgehead atoms. The summed E-state index contributed by atoms with van der Waals surface area (Å²) < 4.78 is 0. The Hall–Kier alpha value is -1.64. The molecule has 0 aliphatic rings. The fourth-order valence-corrected chi connectivity index (χ4v) is 1.54. The fraction of sp³-hybridized carbons (Fsp3) is 0.273. The fourth-order valence-electron chi connectivity index (χ4n) is 1.54. The number of H-pyrrole nitrogens is 1. The minimum absolute atomic E-state index is 0.0425. The van der Waals surface area contributed by atoms with Gasteiger partial charge in [-0.15, -0.1) is 0 Å². The van der Waals surface area contributed by atoms with Crippen LogP contribution in [0.5, 0.6) is 0 Å². The molecule has 2 aromatic rings. The van der Waals surface area contributed by atoms with Gasteiger partial charge in [0, 0.05) is 11.9 Å². The van der Waals surface area contributed by atoms with E-state index in [2.05, 4.69) is 16.9 Å². The molecule has 0 aliphatic heterocycles. The minimum atomic E-state index is -0.0425. The van der Waals surface area contributed by atoms with Crippen molar-refractivity contribution in [3.05, 3.63) is 40.4 Å². The zero-order chi connectivity index (χ0) is 9.97.